The normalized spacial score (nSPS) is 32.9. The van der Waals surface area contributed by atoms with Crippen LogP contribution in [0, 0.1) is 0 Å². The molecule has 1 saturated heterocycles. The van der Waals surface area contributed by atoms with Gasteiger partial charge in [0.2, 0.25) is 0 Å². The number of thiazole rings is 1. The van der Waals surface area contributed by atoms with E-state index in [0.29, 0.717) is 10.0 Å². The van der Waals surface area contributed by atoms with Crippen LogP contribution in [0.5, 0.6) is 0 Å². The highest BCUT2D eigenvalue weighted by Gasteiger charge is 2.43. The standard InChI is InChI=1S/C12H18N2O6S/c1-5(16)8-3-14-12(21-8)13-2-6-9(17)11(19)10(18)7(4-15)20-6/h3,6-7,9-11,15,17-19H,2,4H2,1H3,(H,13,14)/t6?,7-,9-,10-,11-/m1/s1. The van der Waals surface area contributed by atoms with Gasteiger partial charge in [-0.15, -0.1) is 0 Å². The van der Waals surface area contributed by atoms with Gasteiger partial charge >= 0.3 is 0 Å². The van der Waals surface area contributed by atoms with E-state index in [1.165, 1.54) is 24.5 Å². The van der Waals surface area contributed by atoms with Crippen molar-refractivity contribution in [1.29, 1.82) is 0 Å². The number of Topliss-reactive ketones (excluding diaryl/α,β-unsaturated/α-hetero) is 1. The van der Waals surface area contributed by atoms with E-state index in [2.05, 4.69) is 10.3 Å². The summed E-state index contributed by atoms with van der Waals surface area (Å²) < 4.78 is 5.34. The van der Waals surface area contributed by atoms with Crippen molar-refractivity contribution in [3.05, 3.63) is 11.1 Å². The van der Waals surface area contributed by atoms with Gasteiger partial charge in [0, 0.05) is 13.5 Å². The third-order valence-corrected chi connectivity index (χ3v) is 4.35. The van der Waals surface area contributed by atoms with E-state index in [4.69, 9.17) is 9.84 Å². The van der Waals surface area contributed by atoms with Crippen molar-refractivity contribution in [3.63, 3.8) is 0 Å². The van der Waals surface area contributed by atoms with Crippen LogP contribution >= 0.6 is 11.3 Å². The predicted molar refractivity (Wildman–Crippen MR) is 74.4 cm³/mol. The first-order valence-electron chi connectivity index (χ1n) is 6.45. The first-order valence-corrected chi connectivity index (χ1v) is 7.26. The molecule has 8 nitrogen and oxygen atoms in total. The van der Waals surface area contributed by atoms with E-state index in [0.717, 1.165) is 0 Å². The molecule has 1 aromatic rings. The second-order valence-corrected chi connectivity index (χ2v) is 5.86. The van der Waals surface area contributed by atoms with Crippen LogP contribution in [-0.4, -0.2) is 74.9 Å². The fraction of sp³-hybridized carbons (Fsp3) is 0.667. The summed E-state index contributed by atoms with van der Waals surface area (Å²) in [6, 6.07) is 0. The number of hydrogen-bond donors (Lipinski definition) is 5. The van der Waals surface area contributed by atoms with E-state index in [-0.39, 0.29) is 12.3 Å². The summed E-state index contributed by atoms with van der Waals surface area (Å²) >= 11 is 1.17. The summed E-state index contributed by atoms with van der Waals surface area (Å²) in [5.41, 5.74) is 0. The average molecular weight is 318 g/mol. The number of nitrogens with zero attached hydrogens (tertiary/aromatic N) is 1. The van der Waals surface area contributed by atoms with E-state index in [1.54, 1.807) is 0 Å². The second-order valence-electron chi connectivity index (χ2n) is 4.83. The van der Waals surface area contributed by atoms with Crippen LogP contribution in [0.4, 0.5) is 5.13 Å². The number of hydrogen-bond acceptors (Lipinski definition) is 9. The SMILES string of the molecule is CC(=O)c1cnc(NCC2O[C@H](CO)[C@@H](O)[C@H](O)[C@@H]2O)s1. The van der Waals surface area contributed by atoms with Crippen LogP contribution in [0.1, 0.15) is 16.6 Å². The van der Waals surface area contributed by atoms with Crippen LogP contribution in [-0.2, 0) is 4.74 Å². The van der Waals surface area contributed by atoms with Gasteiger partial charge in [-0.1, -0.05) is 11.3 Å². The maximum absolute atomic E-state index is 11.2. The highest BCUT2D eigenvalue weighted by atomic mass is 32.1. The monoisotopic (exact) mass is 318 g/mol. The summed E-state index contributed by atoms with van der Waals surface area (Å²) in [7, 11) is 0. The summed E-state index contributed by atoms with van der Waals surface area (Å²) in [6.07, 6.45) is -4.35. The van der Waals surface area contributed by atoms with Gasteiger partial charge in [-0.2, -0.15) is 0 Å². The van der Waals surface area contributed by atoms with Gasteiger partial charge in [0.25, 0.3) is 0 Å². The first kappa shape index (κ1) is 16.3. The number of aliphatic hydroxyl groups is 4. The number of nitrogens with one attached hydrogen (secondary N) is 1. The largest absolute Gasteiger partial charge is 0.394 e. The molecule has 21 heavy (non-hydrogen) atoms. The average Bonchev–Trinajstić information content (AvgIpc) is 2.93. The molecule has 1 aliphatic rings. The quantitative estimate of drug-likeness (QED) is 0.419. The zero-order valence-electron chi connectivity index (χ0n) is 11.3. The lowest BCUT2D eigenvalue weighted by Crippen LogP contribution is -2.60. The molecule has 2 rings (SSSR count). The molecule has 1 aliphatic heterocycles. The van der Waals surface area contributed by atoms with Crippen LogP contribution in [0.3, 0.4) is 0 Å². The maximum atomic E-state index is 11.2. The molecule has 0 spiro atoms. The molecule has 1 aromatic heterocycles. The lowest BCUT2D eigenvalue weighted by molar-refractivity contribution is -0.225. The minimum atomic E-state index is -1.40. The molecular weight excluding hydrogens is 300 g/mol. The van der Waals surface area contributed by atoms with E-state index < -0.39 is 37.1 Å². The summed E-state index contributed by atoms with van der Waals surface area (Å²) in [5.74, 6) is -0.0895. The van der Waals surface area contributed by atoms with Crippen LogP contribution in [0.2, 0.25) is 0 Å². The van der Waals surface area contributed by atoms with Crippen molar-refractivity contribution in [2.75, 3.05) is 18.5 Å². The van der Waals surface area contributed by atoms with Crippen molar-refractivity contribution >= 4 is 22.3 Å². The fourth-order valence-corrected chi connectivity index (χ4v) is 2.77. The molecule has 0 aliphatic carbocycles. The van der Waals surface area contributed by atoms with Gasteiger partial charge in [-0.05, 0) is 0 Å². The number of aliphatic hydroxyl groups excluding tert-OH is 4. The molecule has 2 heterocycles. The summed E-state index contributed by atoms with van der Waals surface area (Å²) in [4.78, 5) is 15.7. The van der Waals surface area contributed by atoms with Crippen molar-refractivity contribution in [2.24, 2.45) is 0 Å². The van der Waals surface area contributed by atoms with Gasteiger partial charge in [0.1, 0.15) is 30.5 Å². The Morgan fingerprint density at radius 3 is 2.57 bits per heavy atom. The zero-order chi connectivity index (χ0) is 15.6. The Labute approximate surface area is 125 Å². The molecule has 0 aromatic carbocycles. The van der Waals surface area contributed by atoms with Crippen molar-refractivity contribution in [3.8, 4) is 0 Å². The number of ketones is 1. The molecule has 1 fully saturated rings. The molecule has 0 saturated carbocycles. The second kappa shape index (κ2) is 6.77. The molecule has 0 radical (unpaired) electrons. The number of rotatable bonds is 5. The summed E-state index contributed by atoms with van der Waals surface area (Å²) in [5, 5.41) is 41.7. The van der Waals surface area contributed by atoms with E-state index in [1.807, 2.05) is 0 Å². The fourth-order valence-electron chi connectivity index (χ4n) is 2.05. The van der Waals surface area contributed by atoms with Crippen molar-refractivity contribution in [2.45, 2.75) is 37.4 Å². The van der Waals surface area contributed by atoms with Gasteiger partial charge in [-0.25, -0.2) is 4.98 Å². The topological polar surface area (TPSA) is 132 Å². The van der Waals surface area contributed by atoms with Crippen molar-refractivity contribution < 1.29 is 30.0 Å². The Kier molecular flexibility index (Phi) is 5.25. The van der Waals surface area contributed by atoms with Gasteiger partial charge < -0.3 is 30.5 Å². The number of anilines is 1. The highest BCUT2D eigenvalue weighted by Crippen LogP contribution is 2.23. The third-order valence-electron chi connectivity index (χ3n) is 3.30. The number of carbonyl (C=O) groups excluding carboxylic acids is 1. The molecule has 5 N–H and O–H groups in total. The number of aromatic nitrogens is 1. The van der Waals surface area contributed by atoms with Crippen LogP contribution in [0.15, 0.2) is 6.20 Å². The Bertz CT molecular complexity index is 494. The van der Waals surface area contributed by atoms with Crippen molar-refractivity contribution in [1.82, 2.24) is 4.98 Å². The molecule has 118 valence electrons. The minimum absolute atomic E-state index is 0.0895. The molecule has 9 heteroatoms. The predicted octanol–water partition coefficient (Wildman–Crippen LogP) is -1.40. The maximum Gasteiger partial charge on any atom is 0.183 e. The Morgan fingerprint density at radius 1 is 1.33 bits per heavy atom. The highest BCUT2D eigenvalue weighted by molar-refractivity contribution is 7.17. The molecule has 0 bridgehead atoms. The summed E-state index contributed by atoms with van der Waals surface area (Å²) in [6.45, 7) is 1.09. The van der Waals surface area contributed by atoms with E-state index >= 15 is 0 Å². The Morgan fingerprint density at radius 2 is 2.00 bits per heavy atom. The van der Waals surface area contributed by atoms with Crippen LogP contribution in [0.25, 0.3) is 0 Å². The zero-order valence-corrected chi connectivity index (χ0v) is 12.2. The number of carbonyl (C=O) groups is 1. The third kappa shape index (κ3) is 3.57. The smallest absolute Gasteiger partial charge is 0.183 e. The Balaban J connectivity index is 1.96. The molecular formula is C12H18N2O6S. The lowest BCUT2D eigenvalue weighted by Gasteiger charge is -2.40. The molecule has 0 amide bonds. The lowest BCUT2D eigenvalue weighted by atomic mass is 9.95. The minimum Gasteiger partial charge on any atom is -0.394 e. The van der Waals surface area contributed by atoms with Gasteiger partial charge in [0.05, 0.1) is 17.7 Å². The first-order chi connectivity index (χ1) is 9.93. The molecule has 5 atom stereocenters. The van der Waals surface area contributed by atoms with Crippen LogP contribution < -0.4 is 5.32 Å². The number of ether oxygens (including phenoxy) is 1. The molecule has 1 unspecified atom stereocenters. The Hall–Kier alpha value is -1.10. The van der Waals surface area contributed by atoms with Gasteiger partial charge in [-0.3, -0.25) is 4.79 Å². The van der Waals surface area contributed by atoms with E-state index in [9.17, 15) is 20.1 Å². The van der Waals surface area contributed by atoms with Gasteiger partial charge in [0.15, 0.2) is 10.9 Å².